The van der Waals surface area contributed by atoms with Gasteiger partial charge < -0.3 is 10.1 Å². The number of carbonyl (C=O) groups excluding carboxylic acids is 1. The van der Waals surface area contributed by atoms with E-state index in [1.54, 1.807) is 0 Å². The highest BCUT2D eigenvalue weighted by Gasteiger charge is 2.26. The number of hydrogen-bond donors (Lipinski definition) is 2. The van der Waals surface area contributed by atoms with Crippen molar-refractivity contribution in [1.29, 1.82) is 0 Å². The Bertz CT molecular complexity index is 462. The van der Waals surface area contributed by atoms with E-state index < -0.39 is 0 Å². The first kappa shape index (κ1) is 14.3. The Kier molecular flexibility index (Phi) is 4.69. The van der Waals surface area contributed by atoms with Crippen molar-refractivity contribution < 1.29 is 14.4 Å². The maximum absolute atomic E-state index is 11.8. The Balaban J connectivity index is 1.41. The van der Waals surface area contributed by atoms with E-state index in [-0.39, 0.29) is 18.2 Å². The summed E-state index contributed by atoms with van der Waals surface area (Å²) < 4.78 is 5.27. The van der Waals surface area contributed by atoms with Crippen molar-refractivity contribution in [2.45, 2.75) is 25.1 Å². The van der Waals surface area contributed by atoms with Gasteiger partial charge in [-0.2, -0.15) is 5.48 Å². The number of hydroxylamine groups is 1. The van der Waals surface area contributed by atoms with Crippen molar-refractivity contribution in [2.24, 2.45) is 0 Å². The Morgan fingerprint density at radius 2 is 2.29 bits per heavy atom. The molecule has 1 aromatic carbocycles. The van der Waals surface area contributed by atoms with Crippen LogP contribution >= 0.6 is 0 Å². The predicted molar refractivity (Wildman–Crippen MR) is 77.5 cm³/mol. The smallest absolute Gasteiger partial charge is 0.407 e. The molecule has 0 saturated carbocycles. The number of amides is 1. The summed E-state index contributed by atoms with van der Waals surface area (Å²) in [6.07, 6.45) is 0.423. The average Bonchev–Trinajstić information content (AvgIpc) is 3.12. The summed E-state index contributed by atoms with van der Waals surface area (Å²) in [7, 11) is 0. The number of hydrogen-bond acceptors (Lipinski definition) is 5. The highest BCUT2D eigenvalue weighted by Crippen LogP contribution is 2.13. The number of alkyl carbamates (subject to hydrolysis) is 1. The molecule has 1 amide bonds. The van der Waals surface area contributed by atoms with Crippen LogP contribution in [0.5, 0.6) is 0 Å². The minimum absolute atomic E-state index is 0.163. The molecule has 0 spiro atoms. The molecule has 0 aliphatic carbocycles. The van der Waals surface area contributed by atoms with Gasteiger partial charge in [0.15, 0.2) is 0 Å². The number of likely N-dealkylation sites (tertiary alicyclic amines) is 1. The lowest BCUT2D eigenvalue weighted by Crippen LogP contribution is -2.39. The second-order valence-corrected chi connectivity index (χ2v) is 5.54. The number of benzene rings is 1. The van der Waals surface area contributed by atoms with Gasteiger partial charge >= 0.3 is 6.09 Å². The van der Waals surface area contributed by atoms with E-state index in [4.69, 9.17) is 9.57 Å². The number of nitrogens with one attached hydrogen (secondary N) is 2. The van der Waals surface area contributed by atoms with Gasteiger partial charge in [0.05, 0.1) is 6.54 Å². The molecule has 21 heavy (non-hydrogen) atoms. The summed E-state index contributed by atoms with van der Waals surface area (Å²) in [4.78, 5) is 19.1. The van der Waals surface area contributed by atoms with Crippen LogP contribution in [0, 0.1) is 0 Å². The van der Waals surface area contributed by atoms with E-state index >= 15 is 0 Å². The molecule has 1 aromatic rings. The maximum Gasteiger partial charge on any atom is 0.407 e. The maximum atomic E-state index is 11.8. The van der Waals surface area contributed by atoms with Crippen molar-refractivity contribution in [3.8, 4) is 0 Å². The lowest BCUT2D eigenvalue weighted by Gasteiger charge is -2.17. The van der Waals surface area contributed by atoms with Crippen LogP contribution in [0.1, 0.15) is 12.0 Å². The molecule has 0 aromatic heterocycles. The van der Waals surface area contributed by atoms with Gasteiger partial charge in [-0.15, -0.1) is 0 Å². The highest BCUT2D eigenvalue weighted by molar-refractivity contribution is 5.68. The van der Waals surface area contributed by atoms with Gasteiger partial charge in [-0.05, 0) is 12.0 Å². The molecule has 2 aliphatic heterocycles. The van der Waals surface area contributed by atoms with E-state index in [1.165, 1.54) is 5.56 Å². The molecule has 114 valence electrons. The first-order valence-corrected chi connectivity index (χ1v) is 7.37. The molecule has 0 unspecified atom stereocenters. The zero-order chi connectivity index (χ0) is 14.5. The van der Waals surface area contributed by atoms with Crippen molar-refractivity contribution in [2.75, 3.05) is 26.2 Å². The molecular formula is C15H21N3O3. The van der Waals surface area contributed by atoms with Gasteiger partial charge in [0.25, 0.3) is 0 Å². The molecule has 2 heterocycles. The second-order valence-electron chi connectivity index (χ2n) is 5.54. The predicted octanol–water partition coefficient (Wildman–Crippen LogP) is 0.890. The Hall–Kier alpha value is -1.63. The summed E-state index contributed by atoms with van der Waals surface area (Å²) in [5.74, 6) is 0. The first-order chi connectivity index (χ1) is 10.3. The van der Waals surface area contributed by atoms with Crippen LogP contribution < -0.4 is 10.8 Å². The molecule has 2 aliphatic rings. The monoisotopic (exact) mass is 291 g/mol. The molecule has 3 rings (SSSR count). The largest absolute Gasteiger partial charge is 0.442 e. The summed E-state index contributed by atoms with van der Waals surface area (Å²) in [5, 5.41) is 2.94. The molecule has 6 heteroatoms. The van der Waals surface area contributed by atoms with E-state index in [2.05, 4.69) is 40.0 Å². The van der Waals surface area contributed by atoms with E-state index in [0.717, 1.165) is 26.1 Å². The van der Waals surface area contributed by atoms with E-state index in [0.29, 0.717) is 13.2 Å². The first-order valence-electron chi connectivity index (χ1n) is 7.37. The zero-order valence-corrected chi connectivity index (χ0v) is 12.0. The third-order valence-corrected chi connectivity index (χ3v) is 3.80. The van der Waals surface area contributed by atoms with Crippen molar-refractivity contribution in [3.63, 3.8) is 0 Å². The summed E-state index contributed by atoms with van der Waals surface area (Å²) in [6.45, 7) is 3.75. The number of carbonyl (C=O) groups is 1. The molecular weight excluding hydrogens is 270 g/mol. The minimum atomic E-state index is -0.348. The van der Waals surface area contributed by atoms with Crippen LogP contribution in [0.2, 0.25) is 0 Å². The van der Waals surface area contributed by atoms with Crippen LogP contribution in [0.4, 0.5) is 4.79 Å². The van der Waals surface area contributed by atoms with E-state index in [9.17, 15) is 4.79 Å². The fourth-order valence-electron chi connectivity index (χ4n) is 2.73. The molecule has 0 bridgehead atoms. The standard InChI is InChI=1S/C15H21N3O3/c19-15(21-14-8-16-20-11-14)17-13-6-7-18(10-13)9-12-4-2-1-3-5-12/h1-5,13-14,16H,6-11H2,(H,17,19)/t13-,14+/m1/s1. The lowest BCUT2D eigenvalue weighted by molar-refractivity contribution is 0.0634. The Morgan fingerprint density at radius 1 is 1.43 bits per heavy atom. The Morgan fingerprint density at radius 3 is 3.05 bits per heavy atom. The van der Waals surface area contributed by atoms with Crippen LogP contribution in [0.3, 0.4) is 0 Å². The molecule has 0 radical (unpaired) electrons. The second kappa shape index (κ2) is 6.89. The molecule has 2 fully saturated rings. The van der Waals surface area contributed by atoms with Gasteiger partial charge in [0.2, 0.25) is 0 Å². The van der Waals surface area contributed by atoms with Crippen molar-refractivity contribution in [1.82, 2.24) is 15.7 Å². The molecule has 2 atom stereocenters. The SMILES string of the molecule is O=C(N[C@@H]1CCN(Cc2ccccc2)C1)O[C@H]1CNOC1. The molecule has 2 N–H and O–H groups in total. The van der Waals surface area contributed by atoms with Crippen LogP contribution in [0.15, 0.2) is 30.3 Å². The number of nitrogens with zero attached hydrogens (tertiary/aromatic N) is 1. The van der Waals surface area contributed by atoms with Gasteiger partial charge in [0.1, 0.15) is 12.7 Å². The lowest BCUT2D eigenvalue weighted by atomic mass is 10.2. The fraction of sp³-hybridized carbons (Fsp3) is 0.533. The van der Waals surface area contributed by atoms with Gasteiger partial charge in [-0.25, -0.2) is 4.79 Å². The van der Waals surface area contributed by atoms with Crippen molar-refractivity contribution >= 4 is 6.09 Å². The normalized spacial score (nSPS) is 25.9. The van der Waals surface area contributed by atoms with E-state index in [1.807, 2.05) is 6.07 Å². The van der Waals surface area contributed by atoms with Crippen molar-refractivity contribution in [3.05, 3.63) is 35.9 Å². The summed E-state index contributed by atoms with van der Waals surface area (Å²) in [5.41, 5.74) is 3.99. The Labute approximate surface area is 124 Å². The van der Waals surface area contributed by atoms with Crippen LogP contribution in [-0.4, -0.2) is 49.4 Å². The summed E-state index contributed by atoms with van der Waals surface area (Å²) >= 11 is 0. The van der Waals surface area contributed by atoms with Crippen LogP contribution in [0.25, 0.3) is 0 Å². The third-order valence-electron chi connectivity index (χ3n) is 3.80. The third kappa shape index (κ3) is 4.17. The summed E-state index contributed by atoms with van der Waals surface area (Å²) in [6, 6.07) is 10.5. The highest BCUT2D eigenvalue weighted by atomic mass is 16.7. The zero-order valence-electron chi connectivity index (χ0n) is 12.0. The quantitative estimate of drug-likeness (QED) is 0.862. The number of ether oxygens (including phenoxy) is 1. The van der Waals surface area contributed by atoms with Gasteiger partial charge in [-0.1, -0.05) is 30.3 Å². The topological polar surface area (TPSA) is 62.8 Å². The minimum Gasteiger partial charge on any atom is -0.442 e. The number of rotatable bonds is 4. The molecule has 2 saturated heterocycles. The van der Waals surface area contributed by atoms with Gasteiger partial charge in [0, 0.05) is 25.7 Å². The molecule has 6 nitrogen and oxygen atoms in total. The fourth-order valence-corrected chi connectivity index (χ4v) is 2.73. The van der Waals surface area contributed by atoms with Crippen LogP contribution in [-0.2, 0) is 16.1 Å². The van der Waals surface area contributed by atoms with Gasteiger partial charge in [-0.3, -0.25) is 9.74 Å². The average molecular weight is 291 g/mol.